The molecule has 7 nitrogen and oxygen atoms in total. The van der Waals surface area contributed by atoms with Crippen LogP contribution in [0.2, 0.25) is 0 Å². The van der Waals surface area contributed by atoms with Crippen LogP contribution in [0.3, 0.4) is 0 Å². The fraction of sp³-hybridized carbons (Fsp3) is 0.208. The quantitative estimate of drug-likeness (QED) is 0.402. The molecule has 0 spiro atoms. The van der Waals surface area contributed by atoms with Crippen molar-refractivity contribution < 1.29 is 23.0 Å². The molecule has 0 fully saturated rings. The number of alkyl halides is 2. The van der Waals surface area contributed by atoms with E-state index >= 15 is 0 Å². The van der Waals surface area contributed by atoms with Crippen LogP contribution < -0.4 is 19.8 Å². The molecule has 0 amide bonds. The molecule has 0 saturated heterocycles. The Morgan fingerprint density at radius 1 is 1.09 bits per heavy atom. The van der Waals surface area contributed by atoms with Gasteiger partial charge in [-0.15, -0.1) is 0 Å². The molecule has 33 heavy (non-hydrogen) atoms. The highest BCUT2D eigenvalue weighted by atomic mass is 19.3. The summed E-state index contributed by atoms with van der Waals surface area (Å²) in [6, 6.07) is 13.1. The Hall–Kier alpha value is -4.01. The van der Waals surface area contributed by atoms with E-state index in [1.165, 1.54) is 28.8 Å². The minimum atomic E-state index is -2.94. The molecular formula is C24H21F2N3O4. The summed E-state index contributed by atoms with van der Waals surface area (Å²) >= 11 is 0. The number of pyridine rings is 1. The molecule has 9 heteroatoms. The van der Waals surface area contributed by atoms with Gasteiger partial charge >= 0.3 is 12.6 Å². The van der Waals surface area contributed by atoms with Crippen molar-refractivity contribution in [3.05, 3.63) is 70.6 Å². The lowest BCUT2D eigenvalue weighted by molar-refractivity contribution is -0.0498. The van der Waals surface area contributed by atoms with Gasteiger partial charge in [0.25, 0.3) is 5.56 Å². The van der Waals surface area contributed by atoms with E-state index in [0.29, 0.717) is 40.2 Å². The first-order chi connectivity index (χ1) is 15.9. The molecule has 2 aromatic carbocycles. The summed E-state index contributed by atoms with van der Waals surface area (Å²) in [6.07, 6.45) is 1.58. The predicted octanol–water partition coefficient (Wildman–Crippen LogP) is 4.76. The second-order valence-corrected chi connectivity index (χ2v) is 7.12. The van der Waals surface area contributed by atoms with Crippen molar-refractivity contribution in [3.63, 3.8) is 0 Å². The smallest absolute Gasteiger partial charge is 0.387 e. The Labute approximate surface area is 188 Å². The molecule has 0 saturated carbocycles. The molecule has 2 aromatic heterocycles. The number of ether oxygens (including phenoxy) is 3. The number of hydrogen-bond donors (Lipinski definition) is 0. The van der Waals surface area contributed by atoms with Gasteiger partial charge < -0.3 is 14.2 Å². The molecule has 0 aliphatic heterocycles. The van der Waals surface area contributed by atoms with Gasteiger partial charge in [0, 0.05) is 17.1 Å². The largest absolute Gasteiger partial charge is 0.496 e. The van der Waals surface area contributed by atoms with E-state index in [2.05, 4.69) is 14.7 Å². The molecular weight excluding hydrogens is 432 g/mol. The maximum atomic E-state index is 13.7. The summed E-state index contributed by atoms with van der Waals surface area (Å²) in [5.41, 5.74) is 2.41. The first-order valence-corrected chi connectivity index (χ1v) is 10.2. The Kier molecular flexibility index (Phi) is 6.21. The van der Waals surface area contributed by atoms with Crippen LogP contribution in [-0.2, 0) is 0 Å². The van der Waals surface area contributed by atoms with Crippen LogP contribution in [0.4, 0.5) is 8.78 Å². The van der Waals surface area contributed by atoms with Gasteiger partial charge in [0.15, 0.2) is 5.65 Å². The van der Waals surface area contributed by atoms with Gasteiger partial charge in [-0.1, -0.05) is 6.07 Å². The van der Waals surface area contributed by atoms with E-state index in [1.54, 1.807) is 38.4 Å². The zero-order valence-corrected chi connectivity index (χ0v) is 18.2. The van der Waals surface area contributed by atoms with Crippen molar-refractivity contribution in [2.24, 2.45) is 0 Å². The zero-order chi connectivity index (χ0) is 23.5. The first kappa shape index (κ1) is 22.2. The van der Waals surface area contributed by atoms with E-state index in [4.69, 9.17) is 9.47 Å². The summed E-state index contributed by atoms with van der Waals surface area (Å²) < 4.78 is 41.6. The van der Waals surface area contributed by atoms with E-state index in [9.17, 15) is 13.6 Å². The number of benzene rings is 2. The zero-order valence-electron chi connectivity index (χ0n) is 18.2. The number of methoxy groups -OCH3 is 1. The SMILES string of the molecule is CCOc1ncc2cc(-c3ccc(OC)c(C)c3)c(=O)n(-c3ccc(OC(F)F)cc3)c2n1. The van der Waals surface area contributed by atoms with E-state index < -0.39 is 6.61 Å². The number of aryl methyl sites for hydroxylation is 1. The summed E-state index contributed by atoms with van der Waals surface area (Å²) in [5, 5.41) is 0.606. The number of fused-ring (bicyclic) bond motifs is 1. The lowest BCUT2D eigenvalue weighted by Crippen LogP contribution is -2.21. The van der Waals surface area contributed by atoms with Crippen LogP contribution in [0.5, 0.6) is 17.5 Å². The van der Waals surface area contributed by atoms with Crippen LogP contribution in [0.1, 0.15) is 12.5 Å². The van der Waals surface area contributed by atoms with Crippen LogP contribution >= 0.6 is 0 Å². The van der Waals surface area contributed by atoms with Crippen LogP contribution in [-0.4, -0.2) is 34.9 Å². The monoisotopic (exact) mass is 453 g/mol. The Morgan fingerprint density at radius 3 is 2.48 bits per heavy atom. The molecule has 0 atom stereocenters. The van der Waals surface area contributed by atoms with Crippen molar-refractivity contribution in [1.29, 1.82) is 0 Å². The molecule has 0 N–H and O–H groups in total. The third-order valence-electron chi connectivity index (χ3n) is 5.02. The molecule has 4 rings (SSSR count). The van der Waals surface area contributed by atoms with Crippen molar-refractivity contribution in [2.45, 2.75) is 20.5 Å². The third-order valence-corrected chi connectivity index (χ3v) is 5.02. The number of nitrogens with zero attached hydrogens (tertiary/aromatic N) is 3. The topological polar surface area (TPSA) is 75.5 Å². The summed E-state index contributed by atoms with van der Waals surface area (Å²) in [7, 11) is 1.58. The van der Waals surface area contributed by atoms with Gasteiger partial charge in [0.1, 0.15) is 11.5 Å². The number of hydrogen-bond acceptors (Lipinski definition) is 6. The number of rotatable bonds is 7. The lowest BCUT2D eigenvalue weighted by atomic mass is 10.0. The van der Waals surface area contributed by atoms with Crippen LogP contribution in [0.25, 0.3) is 27.8 Å². The maximum absolute atomic E-state index is 13.7. The Balaban J connectivity index is 1.95. The average molecular weight is 453 g/mol. The van der Waals surface area contributed by atoms with Gasteiger partial charge in [-0.3, -0.25) is 9.36 Å². The minimum Gasteiger partial charge on any atom is -0.496 e. The fourth-order valence-electron chi connectivity index (χ4n) is 3.55. The van der Waals surface area contributed by atoms with Crippen molar-refractivity contribution in [1.82, 2.24) is 14.5 Å². The molecule has 0 unspecified atom stereocenters. The van der Waals surface area contributed by atoms with Crippen molar-refractivity contribution >= 4 is 11.0 Å². The summed E-state index contributed by atoms with van der Waals surface area (Å²) in [5.74, 6) is 0.692. The average Bonchev–Trinajstić information content (AvgIpc) is 2.79. The molecule has 0 aliphatic carbocycles. The maximum Gasteiger partial charge on any atom is 0.387 e. The highest BCUT2D eigenvalue weighted by Gasteiger charge is 2.16. The standard InChI is InChI=1S/C24H21F2N3O4/c1-4-32-24-27-13-16-12-19(15-5-10-20(31-3)14(2)11-15)22(30)29(21(16)28-24)17-6-8-18(9-7-17)33-23(25)26/h5-13,23H,4H2,1-3H3. The second-order valence-electron chi connectivity index (χ2n) is 7.12. The van der Waals surface area contributed by atoms with Gasteiger partial charge in [-0.05, 0) is 67.4 Å². The molecule has 4 aromatic rings. The molecule has 2 heterocycles. The first-order valence-electron chi connectivity index (χ1n) is 10.2. The van der Waals surface area contributed by atoms with Gasteiger partial charge in [-0.25, -0.2) is 4.98 Å². The van der Waals surface area contributed by atoms with Crippen molar-refractivity contribution in [2.75, 3.05) is 13.7 Å². The second kappa shape index (κ2) is 9.23. The molecule has 0 aliphatic rings. The minimum absolute atomic E-state index is 0.0160. The van der Waals surface area contributed by atoms with Gasteiger partial charge in [0.05, 0.1) is 19.4 Å². The number of aromatic nitrogens is 3. The Morgan fingerprint density at radius 2 is 1.85 bits per heavy atom. The highest BCUT2D eigenvalue weighted by molar-refractivity contribution is 5.82. The molecule has 0 bridgehead atoms. The third kappa shape index (κ3) is 4.48. The summed E-state index contributed by atoms with van der Waals surface area (Å²) in [6.45, 7) is 1.11. The molecule has 170 valence electrons. The van der Waals surface area contributed by atoms with E-state index in [-0.39, 0.29) is 17.3 Å². The van der Waals surface area contributed by atoms with Crippen LogP contribution in [0, 0.1) is 6.92 Å². The molecule has 0 radical (unpaired) electrons. The predicted molar refractivity (Wildman–Crippen MR) is 120 cm³/mol. The van der Waals surface area contributed by atoms with Crippen LogP contribution in [0.15, 0.2) is 59.5 Å². The van der Waals surface area contributed by atoms with E-state index in [0.717, 1.165) is 5.56 Å². The van der Waals surface area contributed by atoms with Crippen molar-refractivity contribution in [3.8, 4) is 34.3 Å². The highest BCUT2D eigenvalue weighted by Crippen LogP contribution is 2.28. The lowest BCUT2D eigenvalue weighted by Gasteiger charge is -2.14. The van der Waals surface area contributed by atoms with Gasteiger partial charge in [-0.2, -0.15) is 13.8 Å². The number of halogens is 2. The van der Waals surface area contributed by atoms with E-state index in [1.807, 2.05) is 13.0 Å². The van der Waals surface area contributed by atoms with Gasteiger partial charge in [0.2, 0.25) is 0 Å². The fourth-order valence-corrected chi connectivity index (χ4v) is 3.55. The normalized spacial score (nSPS) is 11.1. The summed E-state index contributed by atoms with van der Waals surface area (Å²) in [4.78, 5) is 22.3. The Bertz CT molecular complexity index is 1350.